The number of para-hydroxylation sites is 2. The van der Waals surface area contributed by atoms with Crippen molar-refractivity contribution < 1.29 is 14.3 Å². The van der Waals surface area contributed by atoms with E-state index in [0.717, 1.165) is 11.1 Å². The number of rotatable bonds is 5. The number of hydrazine groups is 1. The molecule has 2 aromatic rings. The number of carbonyl (C=O) groups excluding carboxylic acids is 1. The number of ether oxygens (including phenoxy) is 2. The van der Waals surface area contributed by atoms with Crippen molar-refractivity contribution in [3.63, 3.8) is 0 Å². The van der Waals surface area contributed by atoms with E-state index in [1.807, 2.05) is 32.0 Å². The molecule has 1 amide bonds. The summed E-state index contributed by atoms with van der Waals surface area (Å²) in [6.07, 6.45) is 0. The van der Waals surface area contributed by atoms with Crippen molar-refractivity contribution in [2.45, 2.75) is 13.8 Å². The molecule has 0 saturated heterocycles. The molecule has 0 fully saturated rings. The average Bonchev–Trinajstić information content (AvgIpc) is 2.61. The Morgan fingerprint density at radius 1 is 1.15 bits per heavy atom. The van der Waals surface area contributed by atoms with Crippen LogP contribution in [0.2, 0.25) is 5.02 Å². The Bertz CT molecular complexity index is 791. The second-order valence-corrected chi connectivity index (χ2v) is 6.32. The maximum atomic E-state index is 11.9. The van der Waals surface area contributed by atoms with Gasteiger partial charge in [0.05, 0.1) is 17.8 Å². The van der Waals surface area contributed by atoms with E-state index >= 15 is 0 Å². The van der Waals surface area contributed by atoms with Crippen molar-refractivity contribution in [2.75, 3.05) is 19.0 Å². The van der Waals surface area contributed by atoms with Crippen molar-refractivity contribution in [3.8, 4) is 11.5 Å². The van der Waals surface area contributed by atoms with Crippen LogP contribution in [-0.2, 0) is 4.79 Å². The lowest BCUT2D eigenvalue weighted by Gasteiger charge is -2.15. The molecule has 3 N–H and O–H groups in total. The normalized spacial score (nSPS) is 10.0. The Morgan fingerprint density at radius 2 is 1.85 bits per heavy atom. The first-order valence-electron chi connectivity index (χ1n) is 7.79. The Balaban J connectivity index is 1.83. The monoisotopic (exact) mass is 393 g/mol. The number of benzene rings is 2. The fraction of sp³-hybridized carbons (Fsp3) is 0.222. The van der Waals surface area contributed by atoms with Gasteiger partial charge in [-0.3, -0.25) is 15.6 Å². The van der Waals surface area contributed by atoms with Crippen LogP contribution in [-0.4, -0.2) is 24.7 Å². The lowest BCUT2D eigenvalue weighted by atomic mass is 10.1. The van der Waals surface area contributed by atoms with E-state index in [1.165, 1.54) is 7.11 Å². The Hall–Kier alpha value is -2.51. The van der Waals surface area contributed by atoms with Gasteiger partial charge in [0.2, 0.25) is 0 Å². The lowest BCUT2D eigenvalue weighted by molar-refractivity contribution is -0.123. The average molecular weight is 394 g/mol. The second kappa shape index (κ2) is 9.26. The zero-order valence-electron chi connectivity index (χ0n) is 14.7. The van der Waals surface area contributed by atoms with Gasteiger partial charge >= 0.3 is 0 Å². The molecule has 0 saturated carbocycles. The summed E-state index contributed by atoms with van der Waals surface area (Å²) in [5.74, 6) is 0.634. The number of amides is 1. The predicted octanol–water partition coefficient (Wildman–Crippen LogP) is 3.36. The molecule has 0 spiro atoms. The highest BCUT2D eigenvalue weighted by molar-refractivity contribution is 7.80. The van der Waals surface area contributed by atoms with Crippen LogP contribution in [0.1, 0.15) is 11.1 Å². The molecule has 8 heteroatoms. The summed E-state index contributed by atoms with van der Waals surface area (Å²) in [6, 6.07) is 10.9. The van der Waals surface area contributed by atoms with Crippen molar-refractivity contribution in [2.24, 2.45) is 0 Å². The van der Waals surface area contributed by atoms with E-state index < -0.39 is 5.91 Å². The van der Waals surface area contributed by atoms with Crippen LogP contribution in [0.5, 0.6) is 11.5 Å². The van der Waals surface area contributed by atoms with Crippen LogP contribution in [0.15, 0.2) is 36.4 Å². The summed E-state index contributed by atoms with van der Waals surface area (Å²) in [5.41, 5.74) is 7.77. The van der Waals surface area contributed by atoms with E-state index in [4.69, 9.17) is 33.3 Å². The summed E-state index contributed by atoms with van der Waals surface area (Å²) in [4.78, 5) is 11.9. The van der Waals surface area contributed by atoms with Gasteiger partial charge in [0.25, 0.3) is 5.91 Å². The Morgan fingerprint density at radius 3 is 2.50 bits per heavy atom. The second-order valence-electron chi connectivity index (χ2n) is 5.51. The zero-order chi connectivity index (χ0) is 19.1. The molecule has 138 valence electrons. The molecule has 0 aliphatic rings. The lowest BCUT2D eigenvalue weighted by Crippen LogP contribution is -2.45. The number of thiocarbonyl (C=S) groups is 1. The topological polar surface area (TPSA) is 71.6 Å². The third-order valence-corrected chi connectivity index (χ3v) is 3.92. The van der Waals surface area contributed by atoms with E-state index in [-0.39, 0.29) is 11.7 Å². The van der Waals surface area contributed by atoms with Crippen LogP contribution in [0.4, 0.5) is 5.69 Å². The van der Waals surface area contributed by atoms with Gasteiger partial charge in [0.1, 0.15) is 0 Å². The summed E-state index contributed by atoms with van der Waals surface area (Å²) in [6.45, 7) is 3.69. The van der Waals surface area contributed by atoms with Crippen LogP contribution in [0, 0.1) is 13.8 Å². The van der Waals surface area contributed by atoms with Gasteiger partial charge in [-0.05, 0) is 55.4 Å². The minimum absolute atomic E-state index is 0.194. The molecule has 0 atom stereocenters. The SMILES string of the molecule is COc1ccccc1OCC(=O)NNC(=S)Nc1c(C)cc(C)cc1Cl. The molecule has 0 aliphatic heterocycles. The molecule has 0 bridgehead atoms. The maximum absolute atomic E-state index is 11.9. The predicted molar refractivity (Wildman–Crippen MR) is 107 cm³/mol. The van der Waals surface area contributed by atoms with Crippen molar-refractivity contribution in [1.82, 2.24) is 10.9 Å². The van der Waals surface area contributed by atoms with Gasteiger partial charge in [0.15, 0.2) is 23.2 Å². The number of aryl methyl sites for hydroxylation is 2. The summed E-state index contributed by atoms with van der Waals surface area (Å²) < 4.78 is 10.6. The molecular formula is C18H20ClN3O3S. The van der Waals surface area contributed by atoms with Gasteiger partial charge in [-0.25, -0.2) is 0 Å². The van der Waals surface area contributed by atoms with Crippen LogP contribution in [0.3, 0.4) is 0 Å². The standard InChI is InChI=1S/C18H20ClN3O3S/c1-11-8-12(2)17(13(19)9-11)20-18(26)22-21-16(23)10-25-15-7-5-4-6-14(15)24-3/h4-9H,10H2,1-3H3,(H,21,23)(H2,20,22,26). The molecule has 2 aromatic carbocycles. The van der Waals surface area contributed by atoms with Crippen LogP contribution < -0.4 is 25.6 Å². The number of hydrogen-bond acceptors (Lipinski definition) is 4. The van der Waals surface area contributed by atoms with E-state index in [2.05, 4.69) is 16.2 Å². The molecule has 0 aliphatic carbocycles. The van der Waals surface area contributed by atoms with E-state index in [9.17, 15) is 4.79 Å². The van der Waals surface area contributed by atoms with Crippen molar-refractivity contribution in [1.29, 1.82) is 0 Å². The minimum Gasteiger partial charge on any atom is -0.493 e. The highest BCUT2D eigenvalue weighted by Crippen LogP contribution is 2.27. The Kier molecular flexibility index (Phi) is 7.06. The smallest absolute Gasteiger partial charge is 0.276 e. The first-order valence-corrected chi connectivity index (χ1v) is 8.57. The van der Waals surface area contributed by atoms with E-state index in [1.54, 1.807) is 18.2 Å². The van der Waals surface area contributed by atoms with Crippen LogP contribution >= 0.6 is 23.8 Å². The summed E-state index contributed by atoms with van der Waals surface area (Å²) >= 11 is 11.4. The maximum Gasteiger partial charge on any atom is 0.276 e. The first-order chi connectivity index (χ1) is 12.4. The van der Waals surface area contributed by atoms with E-state index in [0.29, 0.717) is 22.2 Å². The largest absolute Gasteiger partial charge is 0.493 e. The number of nitrogens with one attached hydrogen (secondary N) is 3. The number of hydrogen-bond donors (Lipinski definition) is 3. The van der Waals surface area contributed by atoms with Crippen molar-refractivity contribution >= 4 is 40.5 Å². The highest BCUT2D eigenvalue weighted by atomic mass is 35.5. The van der Waals surface area contributed by atoms with Crippen LogP contribution in [0.25, 0.3) is 0 Å². The molecule has 0 unspecified atom stereocenters. The van der Waals surface area contributed by atoms with Crippen molar-refractivity contribution in [3.05, 3.63) is 52.5 Å². The number of carbonyl (C=O) groups is 1. The molecule has 26 heavy (non-hydrogen) atoms. The molecule has 0 radical (unpaired) electrons. The van der Waals surface area contributed by atoms with Gasteiger partial charge in [-0.15, -0.1) is 0 Å². The zero-order valence-corrected chi connectivity index (χ0v) is 16.3. The molecule has 6 nitrogen and oxygen atoms in total. The number of anilines is 1. The molecular weight excluding hydrogens is 374 g/mol. The van der Waals surface area contributed by atoms with Gasteiger partial charge < -0.3 is 14.8 Å². The Labute approximate surface area is 162 Å². The first kappa shape index (κ1) is 19.8. The summed E-state index contributed by atoms with van der Waals surface area (Å²) in [5, 5.41) is 3.73. The summed E-state index contributed by atoms with van der Waals surface area (Å²) in [7, 11) is 1.53. The third kappa shape index (κ3) is 5.50. The van der Waals surface area contributed by atoms with Gasteiger partial charge in [-0.1, -0.05) is 29.8 Å². The number of halogens is 1. The van der Waals surface area contributed by atoms with Gasteiger partial charge in [0, 0.05) is 0 Å². The fourth-order valence-corrected chi connectivity index (χ4v) is 2.78. The number of methoxy groups -OCH3 is 1. The highest BCUT2D eigenvalue weighted by Gasteiger charge is 2.09. The third-order valence-electron chi connectivity index (χ3n) is 3.41. The molecule has 0 aromatic heterocycles. The fourth-order valence-electron chi connectivity index (χ4n) is 2.26. The molecule has 2 rings (SSSR count). The minimum atomic E-state index is -0.396. The molecule has 0 heterocycles. The van der Waals surface area contributed by atoms with Gasteiger partial charge in [-0.2, -0.15) is 0 Å². The quantitative estimate of drug-likeness (QED) is 0.534.